The molecule has 25 heavy (non-hydrogen) atoms. The van der Waals surface area contributed by atoms with E-state index in [1.54, 1.807) is 12.2 Å². The summed E-state index contributed by atoms with van der Waals surface area (Å²) in [6.07, 6.45) is 8.82. The van der Waals surface area contributed by atoms with Crippen LogP contribution in [-0.2, 0) is 20.9 Å². The van der Waals surface area contributed by atoms with Gasteiger partial charge in [0.1, 0.15) is 6.61 Å². The van der Waals surface area contributed by atoms with Gasteiger partial charge in [-0.2, -0.15) is 0 Å². The van der Waals surface area contributed by atoms with Crippen LogP contribution in [0.2, 0.25) is 0 Å². The van der Waals surface area contributed by atoms with Crippen molar-refractivity contribution in [3.63, 3.8) is 0 Å². The van der Waals surface area contributed by atoms with Crippen molar-refractivity contribution in [3.05, 3.63) is 53.6 Å². The zero-order chi connectivity index (χ0) is 18.5. The molecule has 0 aliphatic carbocycles. The van der Waals surface area contributed by atoms with Crippen LogP contribution in [0.1, 0.15) is 44.7 Å². The average molecular weight is 346 g/mol. The second kappa shape index (κ2) is 11.6. The highest BCUT2D eigenvalue weighted by Crippen LogP contribution is 2.20. The maximum Gasteiger partial charge on any atom is 0.330 e. The summed E-state index contributed by atoms with van der Waals surface area (Å²) in [5, 5.41) is 8.98. The highest BCUT2D eigenvalue weighted by atomic mass is 16.6. The molecule has 0 atom stereocenters. The van der Waals surface area contributed by atoms with Crippen molar-refractivity contribution < 1.29 is 19.4 Å². The van der Waals surface area contributed by atoms with Crippen LogP contribution in [0.15, 0.2) is 42.5 Å². The highest BCUT2D eigenvalue weighted by Gasteiger charge is 2.08. The number of aliphatic hydroxyl groups excluding tert-OH is 1. The van der Waals surface area contributed by atoms with Gasteiger partial charge in [0.05, 0.1) is 13.2 Å². The summed E-state index contributed by atoms with van der Waals surface area (Å²) < 4.78 is 10.5. The normalized spacial score (nSPS) is 12.2. The van der Waals surface area contributed by atoms with Crippen LogP contribution in [-0.4, -0.2) is 30.9 Å². The molecule has 1 rings (SSSR count). The number of hydrogen-bond donors (Lipinski definition) is 1. The average Bonchev–Trinajstić information content (AvgIpc) is 2.57. The maximum absolute atomic E-state index is 11.5. The lowest BCUT2D eigenvalue weighted by Gasteiger charge is -2.17. The lowest BCUT2D eigenvalue weighted by atomic mass is 9.91. The molecular weight excluding hydrogens is 316 g/mol. The smallest absolute Gasteiger partial charge is 0.330 e. The van der Waals surface area contributed by atoms with E-state index in [2.05, 4.69) is 20.8 Å². The number of carbonyl (C=O) groups is 1. The van der Waals surface area contributed by atoms with E-state index in [9.17, 15) is 4.79 Å². The zero-order valence-corrected chi connectivity index (χ0v) is 15.5. The molecule has 0 aliphatic rings. The first-order valence-electron chi connectivity index (χ1n) is 8.70. The van der Waals surface area contributed by atoms with Gasteiger partial charge in [0.15, 0.2) is 0 Å². The molecular formula is C21H30O4. The minimum atomic E-state index is -0.376. The molecule has 0 unspecified atom stereocenters. The van der Waals surface area contributed by atoms with Gasteiger partial charge in [-0.25, -0.2) is 4.79 Å². The van der Waals surface area contributed by atoms with Gasteiger partial charge in [-0.05, 0) is 29.4 Å². The molecule has 138 valence electrons. The molecule has 1 N–H and O–H groups in total. The first-order valence-corrected chi connectivity index (χ1v) is 8.70. The molecule has 0 aliphatic heterocycles. The lowest BCUT2D eigenvalue weighted by molar-refractivity contribution is -0.139. The minimum absolute atomic E-state index is 0.0377. The van der Waals surface area contributed by atoms with E-state index >= 15 is 0 Å². The summed E-state index contributed by atoms with van der Waals surface area (Å²) in [6.45, 7) is 8.05. The molecule has 0 spiro atoms. The summed E-state index contributed by atoms with van der Waals surface area (Å²) in [7, 11) is 0. The Morgan fingerprint density at radius 2 is 1.80 bits per heavy atom. The molecule has 0 saturated carbocycles. The number of esters is 1. The highest BCUT2D eigenvalue weighted by molar-refractivity contribution is 5.82. The Hall–Kier alpha value is -1.91. The van der Waals surface area contributed by atoms with Crippen molar-refractivity contribution in [2.45, 2.75) is 40.2 Å². The third-order valence-corrected chi connectivity index (χ3v) is 3.48. The maximum atomic E-state index is 11.5. The molecule has 0 amide bonds. The van der Waals surface area contributed by atoms with Gasteiger partial charge in [0.25, 0.3) is 0 Å². The van der Waals surface area contributed by atoms with Gasteiger partial charge in [-0.1, -0.05) is 63.3 Å². The Kier molecular flexibility index (Phi) is 9.81. The van der Waals surface area contributed by atoms with Gasteiger partial charge in [-0.15, -0.1) is 0 Å². The number of carbonyl (C=O) groups excluding carboxylic acids is 1. The summed E-state index contributed by atoms with van der Waals surface area (Å²) >= 11 is 0. The summed E-state index contributed by atoms with van der Waals surface area (Å²) in [4.78, 5) is 11.5. The van der Waals surface area contributed by atoms with E-state index in [0.29, 0.717) is 18.6 Å². The fraction of sp³-hybridized carbons (Fsp3) is 0.476. The standard InChI is InChI=1S/C21H30O4/c1-21(2,3)13-6-14-24-15-16-25-20(23)8-5-4-7-18-9-11-19(17-22)12-10-18/h4-5,7-12,22H,6,13-17H2,1-3H3/b7-4+,8-5+. The number of ether oxygens (including phenoxy) is 2. The molecule has 4 heteroatoms. The fourth-order valence-corrected chi connectivity index (χ4v) is 2.09. The zero-order valence-electron chi connectivity index (χ0n) is 15.5. The summed E-state index contributed by atoms with van der Waals surface area (Å²) in [5.74, 6) is -0.376. The molecule has 0 radical (unpaired) electrons. The van der Waals surface area contributed by atoms with Crippen LogP contribution in [0.25, 0.3) is 6.08 Å². The van der Waals surface area contributed by atoms with Gasteiger partial charge >= 0.3 is 5.97 Å². The van der Waals surface area contributed by atoms with Crippen LogP contribution < -0.4 is 0 Å². The number of benzene rings is 1. The van der Waals surface area contributed by atoms with Gasteiger partial charge < -0.3 is 14.6 Å². The largest absolute Gasteiger partial charge is 0.460 e. The Labute approximate surface area is 151 Å². The molecule has 4 nitrogen and oxygen atoms in total. The van der Waals surface area contributed by atoms with Crippen LogP contribution in [0.4, 0.5) is 0 Å². The van der Waals surface area contributed by atoms with E-state index in [1.807, 2.05) is 30.3 Å². The van der Waals surface area contributed by atoms with Crippen molar-refractivity contribution in [1.82, 2.24) is 0 Å². The van der Waals surface area contributed by atoms with E-state index in [4.69, 9.17) is 14.6 Å². The Morgan fingerprint density at radius 3 is 2.44 bits per heavy atom. The SMILES string of the molecule is CC(C)(C)CCCOCCOC(=O)/C=C/C=C/c1ccc(CO)cc1. The Balaban J connectivity index is 2.13. The molecule has 0 aromatic heterocycles. The van der Waals surface area contributed by atoms with E-state index in [1.165, 1.54) is 6.08 Å². The van der Waals surface area contributed by atoms with Crippen molar-refractivity contribution in [3.8, 4) is 0 Å². The fourth-order valence-electron chi connectivity index (χ4n) is 2.09. The van der Waals surface area contributed by atoms with Crippen LogP contribution >= 0.6 is 0 Å². The molecule has 0 heterocycles. The molecule has 1 aromatic carbocycles. The monoisotopic (exact) mass is 346 g/mol. The van der Waals surface area contributed by atoms with Crippen LogP contribution in [0.5, 0.6) is 0 Å². The van der Waals surface area contributed by atoms with Crippen LogP contribution in [0.3, 0.4) is 0 Å². The number of hydrogen-bond acceptors (Lipinski definition) is 4. The molecule has 0 bridgehead atoms. The number of aliphatic hydroxyl groups is 1. The quantitative estimate of drug-likeness (QED) is 0.299. The van der Waals surface area contributed by atoms with E-state index in [-0.39, 0.29) is 19.2 Å². The van der Waals surface area contributed by atoms with Gasteiger partial charge in [0, 0.05) is 12.7 Å². The van der Waals surface area contributed by atoms with E-state index in [0.717, 1.165) is 24.0 Å². The molecule has 0 fully saturated rings. The molecule has 0 saturated heterocycles. The van der Waals surface area contributed by atoms with Crippen molar-refractivity contribution in [1.29, 1.82) is 0 Å². The van der Waals surface area contributed by atoms with Gasteiger partial charge in [-0.3, -0.25) is 0 Å². The summed E-state index contributed by atoms with van der Waals surface area (Å²) in [5.41, 5.74) is 2.20. The van der Waals surface area contributed by atoms with Crippen molar-refractivity contribution in [2.24, 2.45) is 5.41 Å². The predicted octanol–water partition coefficient (Wildman–Crippen LogP) is 4.13. The predicted molar refractivity (Wildman–Crippen MR) is 101 cm³/mol. The second-order valence-corrected chi connectivity index (χ2v) is 7.06. The molecule has 1 aromatic rings. The third-order valence-electron chi connectivity index (χ3n) is 3.48. The van der Waals surface area contributed by atoms with E-state index < -0.39 is 0 Å². The van der Waals surface area contributed by atoms with Crippen molar-refractivity contribution in [2.75, 3.05) is 19.8 Å². The number of allylic oxidation sites excluding steroid dienone is 2. The third kappa shape index (κ3) is 11.3. The lowest BCUT2D eigenvalue weighted by Crippen LogP contribution is -2.11. The minimum Gasteiger partial charge on any atom is -0.460 e. The Bertz CT molecular complexity index is 550. The topological polar surface area (TPSA) is 55.8 Å². The van der Waals surface area contributed by atoms with Crippen LogP contribution in [0, 0.1) is 5.41 Å². The first-order chi connectivity index (χ1) is 11.9. The first kappa shape index (κ1) is 21.1. The summed E-state index contributed by atoms with van der Waals surface area (Å²) in [6, 6.07) is 7.54. The number of rotatable bonds is 10. The second-order valence-electron chi connectivity index (χ2n) is 7.06. The van der Waals surface area contributed by atoms with Crippen molar-refractivity contribution >= 4 is 12.0 Å². The Morgan fingerprint density at radius 1 is 1.08 bits per heavy atom. The van der Waals surface area contributed by atoms with Gasteiger partial charge in [0.2, 0.25) is 0 Å².